The molecule has 0 saturated heterocycles. The van der Waals surface area contributed by atoms with Gasteiger partial charge >= 0.3 is 11.9 Å². The summed E-state index contributed by atoms with van der Waals surface area (Å²) in [4.78, 5) is 23.5. The minimum atomic E-state index is -2.33. The first-order valence-corrected chi connectivity index (χ1v) is 10.3. The zero-order chi connectivity index (χ0) is 16.9. The summed E-state index contributed by atoms with van der Waals surface area (Å²) in [6.45, 7) is 6.50. The molecule has 0 aromatic heterocycles. The summed E-state index contributed by atoms with van der Waals surface area (Å²) in [6, 6.07) is 0. The lowest BCUT2D eigenvalue weighted by molar-refractivity contribution is -0.157. The minimum Gasteiger partial charge on any atom is -0.462 e. The maximum absolute atomic E-state index is 12.0. The van der Waals surface area contributed by atoms with Gasteiger partial charge in [0.1, 0.15) is 6.10 Å². The zero-order valence-electron chi connectivity index (χ0n) is 14.3. The Labute approximate surface area is 135 Å². The van der Waals surface area contributed by atoms with Gasteiger partial charge < -0.3 is 8.92 Å². The SMILES string of the molecule is CC1CCC(C(C)C)C(OC(=O)CCC(=O)OS(C)(C)O)C1. The Morgan fingerprint density at radius 3 is 2.32 bits per heavy atom. The van der Waals surface area contributed by atoms with Crippen molar-refractivity contribution in [1.29, 1.82) is 0 Å². The van der Waals surface area contributed by atoms with Crippen LogP contribution in [0, 0.1) is 17.8 Å². The summed E-state index contributed by atoms with van der Waals surface area (Å²) < 4.78 is 19.9. The first-order valence-electron chi connectivity index (χ1n) is 7.96. The fourth-order valence-corrected chi connectivity index (χ4v) is 3.49. The number of carbonyl (C=O) groups is 2. The lowest BCUT2D eigenvalue weighted by Crippen LogP contribution is -2.35. The number of hydrogen-bond acceptors (Lipinski definition) is 5. The second-order valence-corrected chi connectivity index (χ2v) is 9.52. The van der Waals surface area contributed by atoms with E-state index in [4.69, 9.17) is 8.92 Å². The van der Waals surface area contributed by atoms with Gasteiger partial charge in [0, 0.05) is 12.5 Å². The smallest absolute Gasteiger partial charge is 0.328 e. The van der Waals surface area contributed by atoms with Crippen molar-refractivity contribution in [2.45, 2.75) is 59.0 Å². The van der Waals surface area contributed by atoms with Crippen molar-refractivity contribution in [3.63, 3.8) is 0 Å². The Bertz CT molecular complexity index is 388. The van der Waals surface area contributed by atoms with Crippen LogP contribution >= 0.6 is 10.6 Å². The third kappa shape index (κ3) is 7.01. The maximum atomic E-state index is 12.0. The van der Waals surface area contributed by atoms with E-state index in [2.05, 4.69) is 20.8 Å². The Hall–Kier alpha value is -0.750. The molecular formula is C16H30O5S. The molecule has 22 heavy (non-hydrogen) atoms. The van der Waals surface area contributed by atoms with Crippen LogP contribution in [0.1, 0.15) is 52.9 Å². The van der Waals surface area contributed by atoms with Gasteiger partial charge in [0.25, 0.3) is 0 Å². The van der Waals surface area contributed by atoms with E-state index in [0.29, 0.717) is 17.8 Å². The fraction of sp³-hybridized carbons (Fsp3) is 0.875. The lowest BCUT2D eigenvalue weighted by Gasteiger charge is -2.36. The molecule has 1 aliphatic rings. The van der Waals surface area contributed by atoms with Crippen molar-refractivity contribution >= 4 is 22.5 Å². The zero-order valence-corrected chi connectivity index (χ0v) is 15.1. The molecule has 0 spiro atoms. The molecule has 1 rings (SSSR count). The van der Waals surface area contributed by atoms with Gasteiger partial charge in [0.05, 0.1) is 12.8 Å². The van der Waals surface area contributed by atoms with Crippen LogP contribution in [0.15, 0.2) is 0 Å². The average molecular weight is 334 g/mol. The molecule has 1 N–H and O–H groups in total. The fourth-order valence-electron chi connectivity index (χ4n) is 2.95. The number of carbonyl (C=O) groups excluding carboxylic acids is 2. The summed E-state index contributed by atoms with van der Waals surface area (Å²) >= 11 is 0. The van der Waals surface area contributed by atoms with E-state index >= 15 is 0 Å². The van der Waals surface area contributed by atoms with E-state index in [1.807, 2.05) is 0 Å². The number of hydrogen-bond donors (Lipinski definition) is 1. The monoisotopic (exact) mass is 334 g/mol. The number of rotatable bonds is 6. The average Bonchev–Trinajstić information content (AvgIpc) is 2.34. The summed E-state index contributed by atoms with van der Waals surface area (Å²) in [5.41, 5.74) is 0. The van der Waals surface area contributed by atoms with E-state index < -0.39 is 16.6 Å². The molecule has 0 heterocycles. The van der Waals surface area contributed by atoms with Crippen molar-refractivity contribution in [3.05, 3.63) is 0 Å². The van der Waals surface area contributed by atoms with Gasteiger partial charge in [-0.25, -0.2) is 0 Å². The molecule has 130 valence electrons. The van der Waals surface area contributed by atoms with Gasteiger partial charge in [-0.1, -0.05) is 27.2 Å². The van der Waals surface area contributed by atoms with Gasteiger partial charge in [-0.05, 0) is 30.6 Å². The van der Waals surface area contributed by atoms with Crippen LogP contribution < -0.4 is 0 Å². The highest BCUT2D eigenvalue weighted by atomic mass is 32.3. The number of esters is 1. The van der Waals surface area contributed by atoms with Gasteiger partial charge in [-0.3, -0.25) is 14.1 Å². The van der Waals surface area contributed by atoms with Crippen LogP contribution in [0.4, 0.5) is 0 Å². The molecule has 0 bridgehead atoms. The maximum Gasteiger partial charge on any atom is 0.328 e. The van der Waals surface area contributed by atoms with Crippen molar-refractivity contribution < 1.29 is 23.1 Å². The Morgan fingerprint density at radius 1 is 1.18 bits per heavy atom. The first-order chi connectivity index (χ1) is 10.1. The van der Waals surface area contributed by atoms with E-state index in [0.717, 1.165) is 12.8 Å². The Kier molecular flexibility index (Phi) is 7.19. The Morgan fingerprint density at radius 2 is 1.77 bits per heavy atom. The quantitative estimate of drug-likeness (QED) is 0.749. The minimum absolute atomic E-state index is 0.00402. The molecule has 0 aromatic carbocycles. The van der Waals surface area contributed by atoms with Crippen molar-refractivity contribution in [2.24, 2.45) is 17.8 Å². The molecule has 6 heteroatoms. The molecule has 1 fully saturated rings. The predicted octanol–water partition coefficient (Wildman–Crippen LogP) is 3.77. The van der Waals surface area contributed by atoms with E-state index in [9.17, 15) is 14.1 Å². The second kappa shape index (κ2) is 8.20. The van der Waals surface area contributed by atoms with Crippen LogP contribution in [-0.4, -0.2) is 35.1 Å². The lowest BCUT2D eigenvalue weighted by atomic mass is 9.75. The summed E-state index contributed by atoms with van der Waals surface area (Å²) in [6.07, 6.45) is 5.98. The van der Waals surface area contributed by atoms with Crippen LogP contribution in [-0.2, 0) is 18.5 Å². The van der Waals surface area contributed by atoms with Crippen molar-refractivity contribution in [2.75, 3.05) is 12.5 Å². The third-order valence-electron chi connectivity index (χ3n) is 4.07. The Balaban J connectivity index is 2.44. The van der Waals surface area contributed by atoms with Crippen LogP contribution in [0.2, 0.25) is 0 Å². The largest absolute Gasteiger partial charge is 0.462 e. The molecule has 5 nitrogen and oxygen atoms in total. The van der Waals surface area contributed by atoms with Gasteiger partial charge in [-0.2, -0.15) is 10.6 Å². The summed E-state index contributed by atoms with van der Waals surface area (Å²) in [5.74, 6) is 0.530. The number of ether oxygens (including phenoxy) is 1. The molecule has 0 aliphatic heterocycles. The standard InChI is InChI=1S/C16H30O5S/c1-11(2)13-7-6-12(3)10-14(13)20-15(17)8-9-16(18)21-22(4,5)19/h11-14,19H,6-10H2,1-5H3. The topological polar surface area (TPSA) is 72.8 Å². The van der Waals surface area contributed by atoms with E-state index in [1.54, 1.807) is 0 Å². The molecule has 1 saturated carbocycles. The molecule has 3 unspecified atom stereocenters. The van der Waals surface area contributed by atoms with Crippen molar-refractivity contribution in [1.82, 2.24) is 0 Å². The summed E-state index contributed by atoms with van der Waals surface area (Å²) in [7, 11) is -2.33. The molecule has 3 atom stereocenters. The highest BCUT2D eigenvalue weighted by molar-refractivity contribution is 8.24. The summed E-state index contributed by atoms with van der Waals surface area (Å²) in [5, 5.41) is 0. The normalized spacial score (nSPS) is 26.6. The molecule has 1 aliphatic carbocycles. The van der Waals surface area contributed by atoms with Crippen molar-refractivity contribution in [3.8, 4) is 0 Å². The first kappa shape index (κ1) is 19.3. The van der Waals surface area contributed by atoms with Gasteiger partial charge in [-0.15, -0.1) is 0 Å². The molecular weight excluding hydrogens is 304 g/mol. The van der Waals surface area contributed by atoms with Gasteiger partial charge in [0.15, 0.2) is 0 Å². The van der Waals surface area contributed by atoms with Crippen LogP contribution in [0.3, 0.4) is 0 Å². The van der Waals surface area contributed by atoms with E-state index in [1.165, 1.54) is 18.9 Å². The predicted molar refractivity (Wildman–Crippen MR) is 88.6 cm³/mol. The third-order valence-corrected chi connectivity index (χ3v) is 4.67. The van der Waals surface area contributed by atoms with Crippen LogP contribution in [0.5, 0.6) is 0 Å². The molecule has 0 amide bonds. The molecule has 0 radical (unpaired) electrons. The van der Waals surface area contributed by atoms with Crippen LogP contribution in [0.25, 0.3) is 0 Å². The highest BCUT2D eigenvalue weighted by Gasteiger charge is 2.33. The van der Waals surface area contributed by atoms with E-state index in [-0.39, 0.29) is 24.9 Å². The molecule has 0 aromatic rings. The second-order valence-electron chi connectivity index (χ2n) is 6.99. The highest BCUT2D eigenvalue weighted by Crippen LogP contribution is 2.36. The van der Waals surface area contributed by atoms with Gasteiger partial charge in [0.2, 0.25) is 0 Å².